The molecule has 28 heavy (non-hydrogen) atoms. The molecule has 2 amide bonds. The molecule has 0 saturated carbocycles. The van der Waals surface area contributed by atoms with Crippen LogP contribution >= 0.6 is 12.2 Å². The van der Waals surface area contributed by atoms with Crippen LogP contribution in [-0.4, -0.2) is 30.6 Å². The van der Waals surface area contributed by atoms with Gasteiger partial charge >= 0.3 is 0 Å². The van der Waals surface area contributed by atoms with E-state index in [0.717, 1.165) is 11.1 Å². The summed E-state index contributed by atoms with van der Waals surface area (Å²) in [4.78, 5) is 23.7. The summed E-state index contributed by atoms with van der Waals surface area (Å²) in [6, 6.07) is 14.7. The Morgan fingerprint density at radius 1 is 1.04 bits per heavy atom. The lowest BCUT2D eigenvalue weighted by molar-refractivity contribution is -0.123. The highest BCUT2D eigenvalue weighted by atomic mass is 32.1. The minimum atomic E-state index is -0.474. The van der Waals surface area contributed by atoms with Gasteiger partial charge in [-0.2, -0.15) is 0 Å². The molecule has 0 heterocycles. The zero-order valence-electron chi connectivity index (χ0n) is 15.5. The Kier molecular flexibility index (Phi) is 7.98. The number of rotatable bonds is 6. The molecule has 0 saturated heterocycles. The van der Waals surface area contributed by atoms with Crippen molar-refractivity contribution in [3.8, 4) is 11.5 Å². The van der Waals surface area contributed by atoms with Crippen LogP contribution in [0.3, 0.4) is 0 Å². The summed E-state index contributed by atoms with van der Waals surface area (Å²) < 4.78 is 10.5. The average Bonchev–Trinajstić information content (AvgIpc) is 2.70. The highest BCUT2D eigenvalue weighted by Crippen LogP contribution is 2.25. The second-order valence-corrected chi connectivity index (χ2v) is 6.08. The first-order chi connectivity index (χ1) is 13.5. The number of hydrazine groups is 1. The van der Waals surface area contributed by atoms with E-state index in [1.54, 1.807) is 30.3 Å². The van der Waals surface area contributed by atoms with Crippen LogP contribution in [0.5, 0.6) is 11.5 Å². The topological polar surface area (TPSA) is 88.7 Å². The van der Waals surface area contributed by atoms with Gasteiger partial charge in [-0.25, -0.2) is 0 Å². The van der Waals surface area contributed by atoms with Crippen molar-refractivity contribution in [3.63, 3.8) is 0 Å². The lowest BCUT2D eigenvalue weighted by Gasteiger charge is -2.12. The highest BCUT2D eigenvalue weighted by Gasteiger charge is 2.07. The fraction of sp³-hybridized carbons (Fsp3) is 0.150. The lowest BCUT2D eigenvalue weighted by atomic mass is 10.1. The van der Waals surface area contributed by atoms with E-state index in [-0.39, 0.29) is 11.7 Å². The van der Waals surface area contributed by atoms with Crippen LogP contribution in [-0.2, 0) is 9.59 Å². The Morgan fingerprint density at radius 2 is 1.71 bits per heavy atom. The van der Waals surface area contributed by atoms with E-state index in [4.69, 9.17) is 21.7 Å². The fourth-order valence-corrected chi connectivity index (χ4v) is 2.23. The Balaban J connectivity index is 1.71. The van der Waals surface area contributed by atoms with E-state index in [0.29, 0.717) is 11.5 Å². The van der Waals surface area contributed by atoms with Crippen molar-refractivity contribution < 1.29 is 19.1 Å². The van der Waals surface area contributed by atoms with Gasteiger partial charge in [-0.1, -0.05) is 42.0 Å². The van der Waals surface area contributed by atoms with Crippen LogP contribution in [0.1, 0.15) is 11.1 Å². The number of carbonyl (C=O) groups excluding carboxylic acids is 2. The lowest BCUT2D eigenvalue weighted by Crippen LogP contribution is -2.49. The number of nitrogens with one attached hydrogen (secondary N) is 3. The van der Waals surface area contributed by atoms with Crippen molar-refractivity contribution in [2.45, 2.75) is 6.92 Å². The van der Waals surface area contributed by atoms with Gasteiger partial charge in [-0.15, -0.1) is 0 Å². The Hall–Kier alpha value is -3.39. The van der Waals surface area contributed by atoms with Gasteiger partial charge in [0.1, 0.15) is 0 Å². The molecule has 0 radical (unpaired) electrons. The van der Waals surface area contributed by atoms with Gasteiger partial charge < -0.3 is 9.47 Å². The number of para-hydroxylation sites is 2. The predicted molar refractivity (Wildman–Crippen MR) is 111 cm³/mol. The summed E-state index contributed by atoms with van der Waals surface area (Å²) in [5.74, 6) is 0.0685. The van der Waals surface area contributed by atoms with Gasteiger partial charge in [0.05, 0.1) is 7.11 Å². The van der Waals surface area contributed by atoms with Crippen molar-refractivity contribution in [1.29, 1.82) is 0 Å². The van der Waals surface area contributed by atoms with Gasteiger partial charge in [0, 0.05) is 6.08 Å². The minimum Gasteiger partial charge on any atom is -0.493 e. The second-order valence-electron chi connectivity index (χ2n) is 5.68. The van der Waals surface area contributed by atoms with Crippen molar-refractivity contribution >= 4 is 35.2 Å². The number of aryl methyl sites for hydroxylation is 1. The predicted octanol–water partition coefficient (Wildman–Crippen LogP) is 2.12. The summed E-state index contributed by atoms with van der Waals surface area (Å²) in [5.41, 5.74) is 6.81. The second kappa shape index (κ2) is 10.7. The monoisotopic (exact) mass is 399 g/mol. The molecule has 0 aliphatic carbocycles. The molecule has 2 aromatic rings. The van der Waals surface area contributed by atoms with Gasteiger partial charge in [-0.3, -0.25) is 25.8 Å². The molecule has 3 N–H and O–H groups in total. The Labute approximate surface area is 168 Å². The van der Waals surface area contributed by atoms with Crippen LogP contribution in [0.2, 0.25) is 0 Å². The third kappa shape index (κ3) is 7.08. The Bertz CT molecular complexity index is 866. The van der Waals surface area contributed by atoms with Crippen molar-refractivity contribution in [3.05, 3.63) is 65.7 Å². The molecule has 0 spiro atoms. The molecular formula is C20H21N3O4S. The van der Waals surface area contributed by atoms with Gasteiger partial charge in [0.2, 0.25) is 5.91 Å². The summed E-state index contributed by atoms with van der Waals surface area (Å²) >= 11 is 4.96. The number of hydrogen-bond donors (Lipinski definition) is 3. The number of hydrogen-bond acceptors (Lipinski definition) is 5. The van der Waals surface area contributed by atoms with Crippen LogP contribution in [0.4, 0.5) is 0 Å². The van der Waals surface area contributed by atoms with Crippen molar-refractivity contribution in [2.24, 2.45) is 0 Å². The van der Waals surface area contributed by atoms with Crippen LogP contribution in [0.15, 0.2) is 54.6 Å². The molecule has 0 fully saturated rings. The molecule has 0 bridgehead atoms. The number of benzene rings is 2. The molecule has 7 nitrogen and oxygen atoms in total. The van der Waals surface area contributed by atoms with Crippen LogP contribution in [0.25, 0.3) is 6.08 Å². The molecule has 0 aliphatic heterocycles. The number of carbonyl (C=O) groups is 2. The third-order valence-electron chi connectivity index (χ3n) is 3.48. The SMILES string of the molecule is COc1ccccc1OCC(=O)NNC(=S)NC(=O)C=Cc1ccc(C)cc1. The van der Waals surface area contributed by atoms with E-state index >= 15 is 0 Å². The van der Waals surface area contributed by atoms with Gasteiger partial charge in [0.25, 0.3) is 5.91 Å². The minimum absolute atomic E-state index is 0.0378. The highest BCUT2D eigenvalue weighted by molar-refractivity contribution is 7.80. The maximum absolute atomic E-state index is 11.8. The molecule has 0 aliphatic rings. The summed E-state index contributed by atoms with van der Waals surface area (Å²) in [6.45, 7) is 1.73. The van der Waals surface area contributed by atoms with E-state index < -0.39 is 11.8 Å². The van der Waals surface area contributed by atoms with E-state index in [9.17, 15) is 9.59 Å². The largest absolute Gasteiger partial charge is 0.493 e. The number of methoxy groups -OCH3 is 1. The molecule has 0 atom stereocenters. The fourth-order valence-electron chi connectivity index (χ4n) is 2.08. The smallest absolute Gasteiger partial charge is 0.276 e. The number of ether oxygens (including phenoxy) is 2. The molecular weight excluding hydrogens is 378 g/mol. The molecule has 0 aromatic heterocycles. The standard InChI is InChI=1S/C20H21N3O4S/c1-14-7-9-15(10-8-14)11-12-18(24)21-20(28)23-22-19(25)13-27-17-6-4-3-5-16(17)26-2/h3-12H,13H2,1-2H3,(H,22,25)(H2,21,23,24,28). The average molecular weight is 399 g/mol. The first kappa shape index (κ1) is 20.9. The normalized spacial score (nSPS) is 10.2. The zero-order valence-corrected chi connectivity index (χ0v) is 16.3. The van der Waals surface area contributed by atoms with E-state index in [1.165, 1.54) is 13.2 Å². The van der Waals surface area contributed by atoms with Gasteiger partial charge in [0.15, 0.2) is 23.2 Å². The third-order valence-corrected chi connectivity index (χ3v) is 3.69. The maximum atomic E-state index is 11.8. The Morgan fingerprint density at radius 3 is 2.39 bits per heavy atom. The molecule has 2 aromatic carbocycles. The van der Waals surface area contributed by atoms with E-state index in [2.05, 4.69) is 16.2 Å². The molecule has 146 valence electrons. The van der Waals surface area contributed by atoms with Crippen LogP contribution in [0, 0.1) is 6.92 Å². The van der Waals surface area contributed by atoms with Crippen molar-refractivity contribution in [2.75, 3.05) is 13.7 Å². The summed E-state index contributed by atoms with van der Waals surface area (Å²) in [6.07, 6.45) is 3.02. The quantitative estimate of drug-likeness (QED) is 0.392. The maximum Gasteiger partial charge on any atom is 0.276 e. The first-order valence-corrected chi connectivity index (χ1v) is 8.79. The molecule has 2 rings (SSSR count). The van der Waals surface area contributed by atoms with Gasteiger partial charge in [-0.05, 0) is 42.9 Å². The molecule has 0 unspecified atom stereocenters. The van der Waals surface area contributed by atoms with Crippen molar-refractivity contribution in [1.82, 2.24) is 16.2 Å². The van der Waals surface area contributed by atoms with Crippen LogP contribution < -0.4 is 25.6 Å². The summed E-state index contributed by atoms with van der Waals surface area (Å²) in [7, 11) is 1.51. The molecule has 8 heteroatoms. The number of amides is 2. The first-order valence-electron chi connectivity index (χ1n) is 8.38. The zero-order chi connectivity index (χ0) is 20.4. The van der Waals surface area contributed by atoms with E-state index in [1.807, 2.05) is 31.2 Å². The summed E-state index contributed by atoms with van der Waals surface area (Å²) in [5, 5.41) is 2.39. The number of thiocarbonyl (C=S) groups is 1.